The molecule has 14 nitrogen and oxygen atoms in total. The molecule has 1 saturated heterocycles. The molecule has 2 aliphatic rings. The Morgan fingerprint density at radius 3 is 2.49 bits per heavy atom. The van der Waals surface area contributed by atoms with Crippen molar-refractivity contribution in [2.75, 3.05) is 39.4 Å². The van der Waals surface area contributed by atoms with Crippen LogP contribution in [0, 0.1) is 0 Å². The SMILES string of the molecule is COCC(COC)(OC[C@H]1O[C@@H](n2ncc3c(NC4CCC4)nc(Cl)nc32)[C@H](O)[C@@H]1O)P(=O)(O)O. The summed E-state index contributed by atoms with van der Waals surface area (Å²) in [5, 5.41) is 27.3. The summed E-state index contributed by atoms with van der Waals surface area (Å²) < 4.78 is 34.7. The molecule has 4 rings (SSSR count). The predicted octanol–water partition coefficient (Wildman–Crippen LogP) is 0.247. The Balaban J connectivity index is 1.55. The third-order valence-corrected chi connectivity index (χ3v) is 7.86. The lowest BCUT2D eigenvalue weighted by molar-refractivity contribution is -0.129. The Labute approximate surface area is 205 Å². The number of rotatable bonds is 11. The van der Waals surface area contributed by atoms with Gasteiger partial charge in [-0.2, -0.15) is 15.1 Å². The van der Waals surface area contributed by atoms with Gasteiger partial charge in [0.1, 0.15) is 24.1 Å². The minimum atomic E-state index is -4.88. The Hall–Kier alpha value is -1.45. The fraction of sp³-hybridized carbons (Fsp3) is 0.737. The number of aliphatic hydroxyl groups excluding tert-OH is 2. The lowest BCUT2D eigenvalue weighted by atomic mass is 9.93. The van der Waals surface area contributed by atoms with E-state index in [4.69, 9.17) is 30.5 Å². The molecule has 2 aromatic rings. The minimum absolute atomic E-state index is 0.0282. The van der Waals surface area contributed by atoms with Crippen molar-refractivity contribution in [2.24, 2.45) is 0 Å². The maximum Gasteiger partial charge on any atom is 0.361 e. The molecule has 5 N–H and O–H groups in total. The van der Waals surface area contributed by atoms with E-state index in [1.54, 1.807) is 0 Å². The number of fused-ring (bicyclic) bond motifs is 1. The zero-order valence-corrected chi connectivity index (χ0v) is 20.8. The molecule has 0 spiro atoms. The van der Waals surface area contributed by atoms with E-state index in [2.05, 4.69) is 20.4 Å². The third-order valence-electron chi connectivity index (χ3n) is 6.24. The topological polar surface area (TPSA) is 191 Å². The van der Waals surface area contributed by atoms with Gasteiger partial charge in [0.15, 0.2) is 11.9 Å². The van der Waals surface area contributed by atoms with Crippen molar-refractivity contribution in [1.29, 1.82) is 0 Å². The summed E-state index contributed by atoms with van der Waals surface area (Å²) in [7, 11) is -2.36. The van der Waals surface area contributed by atoms with Crippen LogP contribution in [0.3, 0.4) is 0 Å². The fourth-order valence-corrected chi connectivity index (χ4v) is 5.08. The van der Waals surface area contributed by atoms with Gasteiger partial charge in [0, 0.05) is 20.3 Å². The molecule has 0 aromatic carbocycles. The number of anilines is 1. The molecule has 1 aliphatic carbocycles. The van der Waals surface area contributed by atoms with Crippen molar-refractivity contribution in [1.82, 2.24) is 19.7 Å². The number of aliphatic hydroxyl groups is 2. The molecule has 3 heterocycles. The summed E-state index contributed by atoms with van der Waals surface area (Å²) >= 11 is 6.13. The Morgan fingerprint density at radius 1 is 1.23 bits per heavy atom. The fourth-order valence-electron chi connectivity index (χ4n) is 4.08. The molecule has 1 saturated carbocycles. The quantitative estimate of drug-likeness (QED) is 0.194. The molecular formula is C19H29ClN5O9P. The van der Waals surface area contributed by atoms with Crippen molar-refractivity contribution in [2.45, 2.75) is 55.2 Å². The monoisotopic (exact) mass is 537 g/mol. The van der Waals surface area contributed by atoms with Crippen molar-refractivity contribution < 1.29 is 43.5 Å². The van der Waals surface area contributed by atoms with Crippen LogP contribution in [0.2, 0.25) is 5.28 Å². The first-order chi connectivity index (χ1) is 16.6. The van der Waals surface area contributed by atoms with Crippen LogP contribution >= 0.6 is 19.2 Å². The van der Waals surface area contributed by atoms with E-state index >= 15 is 0 Å². The lowest BCUT2D eigenvalue weighted by Crippen LogP contribution is -2.45. The zero-order valence-electron chi connectivity index (χ0n) is 19.2. The molecule has 35 heavy (non-hydrogen) atoms. The molecule has 2 fully saturated rings. The molecule has 0 radical (unpaired) electrons. The smallest absolute Gasteiger partial charge is 0.361 e. The van der Waals surface area contributed by atoms with Gasteiger partial charge in [-0.15, -0.1) is 0 Å². The summed E-state index contributed by atoms with van der Waals surface area (Å²) in [5.41, 5.74) is 0.285. The lowest BCUT2D eigenvalue weighted by Gasteiger charge is -2.33. The van der Waals surface area contributed by atoms with Gasteiger partial charge in [-0.1, -0.05) is 0 Å². The normalized spacial score (nSPS) is 25.8. The number of methoxy groups -OCH3 is 2. The van der Waals surface area contributed by atoms with E-state index in [9.17, 15) is 24.6 Å². The van der Waals surface area contributed by atoms with Crippen molar-refractivity contribution in [3.63, 3.8) is 0 Å². The Morgan fingerprint density at radius 2 is 1.91 bits per heavy atom. The van der Waals surface area contributed by atoms with Gasteiger partial charge in [-0.05, 0) is 30.9 Å². The zero-order chi connectivity index (χ0) is 25.4. The number of ether oxygens (including phenoxy) is 4. The third kappa shape index (κ3) is 5.18. The summed E-state index contributed by atoms with van der Waals surface area (Å²) in [6.45, 7) is -1.43. The molecule has 4 atom stereocenters. The largest absolute Gasteiger partial charge is 0.387 e. The van der Waals surface area contributed by atoms with E-state index < -0.39 is 57.3 Å². The predicted molar refractivity (Wildman–Crippen MR) is 122 cm³/mol. The number of aromatic nitrogens is 4. The first-order valence-electron chi connectivity index (χ1n) is 11.0. The molecule has 16 heteroatoms. The van der Waals surface area contributed by atoms with Gasteiger partial charge < -0.3 is 44.3 Å². The van der Waals surface area contributed by atoms with Crippen LogP contribution in [-0.2, 0) is 23.5 Å². The second kappa shape index (κ2) is 10.5. The summed E-state index contributed by atoms with van der Waals surface area (Å²) in [5.74, 6) is 0.509. The van der Waals surface area contributed by atoms with Gasteiger partial charge >= 0.3 is 7.60 Å². The van der Waals surface area contributed by atoms with Crippen molar-refractivity contribution in [3.05, 3.63) is 11.5 Å². The van der Waals surface area contributed by atoms with E-state index in [0.717, 1.165) is 19.3 Å². The molecule has 0 unspecified atom stereocenters. The summed E-state index contributed by atoms with van der Waals surface area (Å²) in [4.78, 5) is 28.2. The first-order valence-corrected chi connectivity index (χ1v) is 13.0. The van der Waals surface area contributed by atoms with Crippen LogP contribution in [0.4, 0.5) is 5.82 Å². The second-order valence-corrected chi connectivity index (χ2v) is 10.9. The number of nitrogens with zero attached hydrogens (tertiary/aromatic N) is 4. The van der Waals surface area contributed by atoms with Crippen LogP contribution < -0.4 is 5.32 Å². The summed E-state index contributed by atoms with van der Waals surface area (Å²) in [6.07, 6.45) is -0.571. The van der Waals surface area contributed by atoms with E-state index in [-0.39, 0.29) is 17.0 Å². The highest BCUT2D eigenvalue weighted by molar-refractivity contribution is 7.53. The maximum absolute atomic E-state index is 12.2. The highest BCUT2D eigenvalue weighted by Gasteiger charge is 2.52. The van der Waals surface area contributed by atoms with Crippen molar-refractivity contribution in [3.8, 4) is 0 Å². The number of hydrogen-bond acceptors (Lipinski definition) is 11. The standard InChI is InChI=1S/C19H29ClN5O9P/c1-31-8-19(9-32-2,35(28,29)30)33-7-12-13(26)14(27)17(34-12)25-16-11(6-21-25)15(23-18(20)24-16)22-10-4-3-5-10/h6,10,12-14,17,26-27H,3-5,7-9H2,1-2H3,(H,22,23,24)(H2,28,29,30)/t12-,13-,14-,17-/m1/s1. The van der Waals surface area contributed by atoms with Crippen LogP contribution in [0.25, 0.3) is 11.0 Å². The van der Waals surface area contributed by atoms with Crippen LogP contribution in [0.15, 0.2) is 6.20 Å². The summed E-state index contributed by atoms with van der Waals surface area (Å²) in [6, 6.07) is 0.276. The number of hydrogen-bond donors (Lipinski definition) is 5. The van der Waals surface area contributed by atoms with Gasteiger partial charge in [0.25, 0.3) is 0 Å². The Kier molecular flexibility index (Phi) is 7.98. The average molecular weight is 538 g/mol. The van der Waals surface area contributed by atoms with Gasteiger partial charge in [-0.3, -0.25) is 4.57 Å². The molecule has 0 amide bonds. The van der Waals surface area contributed by atoms with Gasteiger partial charge in [0.2, 0.25) is 10.6 Å². The van der Waals surface area contributed by atoms with Gasteiger partial charge in [-0.25, -0.2) is 4.68 Å². The number of halogens is 1. The highest BCUT2D eigenvalue weighted by Crippen LogP contribution is 2.52. The Bertz CT molecular complexity index is 1070. The number of nitrogens with one attached hydrogen (secondary N) is 1. The van der Waals surface area contributed by atoms with E-state index in [0.29, 0.717) is 11.2 Å². The van der Waals surface area contributed by atoms with Crippen LogP contribution in [0.1, 0.15) is 25.5 Å². The average Bonchev–Trinajstić information content (AvgIpc) is 3.29. The molecule has 0 bridgehead atoms. The van der Waals surface area contributed by atoms with E-state index in [1.165, 1.54) is 25.1 Å². The first kappa shape index (κ1) is 26.6. The molecular weight excluding hydrogens is 509 g/mol. The molecule has 1 aliphatic heterocycles. The van der Waals surface area contributed by atoms with Crippen molar-refractivity contribution >= 4 is 36.0 Å². The van der Waals surface area contributed by atoms with Gasteiger partial charge in [0.05, 0.1) is 31.4 Å². The molecule has 196 valence electrons. The minimum Gasteiger partial charge on any atom is -0.387 e. The highest BCUT2D eigenvalue weighted by atomic mass is 35.5. The van der Waals surface area contributed by atoms with Crippen LogP contribution in [0.5, 0.6) is 0 Å². The maximum atomic E-state index is 12.2. The molecule has 2 aromatic heterocycles. The second-order valence-electron chi connectivity index (χ2n) is 8.65. The van der Waals surface area contributed by atoms with E-state index in [1.807, 2.05) is 0 Å². The van der Waals surface area contributed by atoms with Crippen LogP contribution in [-0.4, -0.2) is 103 Å².